The lowest BCUT2D eigenvalue weighted by atomic mass is 10.0. The Balaban J connectivity index is 1.54. The molecule has 1 fully saturated rings. The second-order valence-electron chi connectivity index (χ2n) is 7.33. The van der Waals surface area contributed by atoms with Gasteiger partial charge < -0.3 is 10.6 Å². The number of aromatic nitrogens is 5. The Morgan fingerprint density at radius 3 is 3.00 bits per heavy atom. The normalized spacial score (nSPS) is 16.6. The van der Waals surface area contributed by atoms with Crippen molar-refractivity contribution in [3.05, 3.63) is 48.5 Å². The van der Waals surface area contributed by atoms with Gasteiger partial charge in [0.05, 0.1) is 16.6 Å². The van der Waals surface area contributed by atoms with Crippen LogP contribution in [0, 0.1) is 6.92 Å². The molecule has 0 aliphatic carbocycles. The van der Waals surface area contributed by atoms with E-state index in [4.69, 9.17) is 4.98 Å². The summed E-state index contributed by atoms with van der Waals surface area (Å²) in [5.41, 5.74) is 4.15. The molecule has 0 bridgehead atoms. The van der Waals surface area contributed by atoms with E-state index in [1.54, 1.807) is 4.52 Å². The Kier molecular flexibility index (Phi) is 4.97. The number of carbonyl (C=O) groups excluding carboxylic acids is 1. The monoisotopic (exact) mass is 419 g/mol. The van der Waals surface area contributed by atoms with Crippen molar-refractivity contribution in [2.45, 2.75) is 32.2 Å². The molecule has 0 spiro atoms. The van der Waals surface area contributed by atoms with Crippen LogP contribution < -0.4 is 10.6 Å². The molecule has 0 unspecified atom stereocenters. The number of fused-ring (bicyclic) bond motifs is 1. The molecule has 4 aromatic rings. The lowest BCUT2D eigenvalue weighted by molar-refractivity contribution is -0.118. The summed E-state index contributed by atoms with van der Waals surface area (Å²) in [6, 6.07) is 9.59. The van der Waals surface area contributed by atoms with E-state index in [2.05, 4.69) is 25.7 Å². The minimum absolute atomic E-state index is 0.0366. The van der Waals surface area contributed by atoms with Crippen molar-refractivity contribution >= 4 is 28.0 Å². The molecule has 1 amide bonds. The van der Waals surface area contributed by atoms with Crippen molar-refractivity contribution in [3.8, 4) is 21.8 Å². The average molecular weight is 420 g/mol. The molecule has 152 valence electrons. The Labute approximate surface area is 177 Å². The minimum atomic E-state index is -0.168. The average Bonchev–Trinajstić information content (AvgIpc) is 3.40. The third kappa shape index (κ3) is 3.69. The Hall–Kier alpha value is -3.17. The molecule has 8 nitrogen and oxygen atoms in total. The number of amides is 1. The first-order valence-electron chi connectivity index (χ1n) is 9.96. The molecule has 5 heterocycles. The van der Waals surface area contributed by atoms with Crippen LogP contribution in [-0.2, 0) is 4.79 Å². The lowest BCUT2D eigenvalue weighted by Gasteiger charge is -2.21. The highest BCUT2D eigenvalue weighted by molar-refractivity contribution is 7.19. The molecule has 30 heavy (non-hydrogen) atoms. The zero-order valence-corrected chi connectivity index (χ0v) is 17.3. The van der Waals surface area contributed by atoms with E-state index in [-0.39, 0.29) is 11.9 Å². The van der Waals surface area contributed by atoms with Gasteiger partial charge in [-0.15, -0.1) is 0 Å². The van der Waals surface area contributed by atoms with Crippen molar-refractivity contribution in [2.75, 3.05) is 11.9 Å². The van der Waals surface area contributed by atoms with Crippen molar-refractivity contribution in [2.24, 2.45) is 0 Å². The van der Waals surface area contributed by atoms with Crippen LogP contribution >= 0.6 is 11.3 Å². The van der Waals surface area contributed by atoms with E-state index >= 15 is 0 Å². The zero-order chi connectivity index (χ0) is 20.5. The van der Waals surface area contributed by atoms with Crippen molar-refractivity contribution in [3.63, 3.8) is 0 Å². The number of anilines is 1. The van der Waals surface area contributed by atoms with Crippen LogP contribution in [0.5, 0.6) is 0 Å². The number of rotatable bonds is 4. The van der Waals surface area contributed by atoms with E-state index < -0.39 is 0 Å². The summed E-state index contributed by atoms with van der Waals surface area (Å²) in [7, 11) is 0. The summed E-state index contributed by atoms with van der Waals surface area (Å²) in [5.74, 6) is -0.0366. The van der Waals surface area contributed by atoms with Crippen molar-refractivity contribution in [1.29, 1.82) is 0 Å². The number of hydrogen-bond donors (Lipinski definition) is 2. The van der Waals surface area contributed by atoms with Crippen LogP contribution in [0.3, 0.4) is 0 Å². The van der Waals surface area contributed by atoms with E-state index in [0.717, 1.165) is 59.0 Å². The number of nitrogens with zero attached hydrogens (tertiary/aromatic N) is 5. The topological polar surface area (TPSA) is 97.1 Å². The van der Waals surface area contributed by atoms with Gasteiger partial charge in [0.1, 0.15) is 12.0 Å². The van der Waals surface area contributed by atoms with Gasteiger partial charge in [0.25, 0.3) is 0 Å². The van der Waals surface area contributed by atoms with E-state index in [0.29, 0.717) is 5.13 Å². The van der Waals surface area contributed by atoms with Crippen LogP contribution in [-0.4, -0.2) is 43.1 Å². The highest BCUT2D eigenvalue weighted by Crippen LogP contribution is 2.38. The molecule has 0 saturated carbocycles. The summed E-state index contributed by atoms with van der Waals surface area (Å²) in [4.78, 5) is 27.2. The molecule has 0 radical (unpaired) electrons. The zero-order valence-electron chi connectivity index (χ0n) is 16.5. The second-order valence-corrected chi connectivity index (χ2v) is 8.33. The molecule has 0 aromatic carbocycles. The third-order valence-corrected chi connectivity index (χ3v) is 6.17. The third-order valence-electron chi connectivity index (χ3n) is 5.15. The quantitative estimate of drug-likeness (QED) is 0.527. The fourth-order valence-corrected chi connectivity index (χ4v) is 4.60. The number of hydrogen-bond acceptors (Lipinski definition) is 7. The molecule has 4 aromatic heterocycles. The SMILES string of the molecule is Cc1cccc(-c2nc(NC(=O)[C@H]3CCCCN3)sc2-c2ccc3ncnn3c2)n1. The summed E-state index contributed by atoms with van der Waals surface area (Å²) in [6.07, 6.45) is 6.46. The van der Waals surface area contributed by atoms with Crippen molar-refractivity contribution in [1.82, 2.24) is 29.9 Å². The van der Waals surface area contributed by atoms with E-state index in [1.165, 1.54) is 17.7 Å². The molecular formula is C21H21N7OS. The van der Waals surface area contributed by atoms with Gasteiger partial charge in [-0.25, -0.2) is 14.5 Å². The first-order chi connectivity index (χ1) is 14.7. The number of pyridine rings is 2. The van der Waals surface area contributed by atoms with Crippen LogP contribution in [0.15, 0.2) is 42.9 Å². The summed E-state index contributed by atoms with van der Waals surface area (Å²) in [6.45, 7) is 2.83. The summed E-state index contributed by atoms with van der Waals surface area (Å²) < 4.78 is 1.73. The number of thiazole rings is 1. The molecule has 1 aliphatic rings. The molecule has 2 N–H and O–H groups in total. The number of carbonyl (C=O) groups is 1. The predicted molar refractivity (Wildman–Crippen MR) is 116 cm³/mol. The molecule has 1 aliphatic heterocycles. The first kappa shape index (κ1) is 18.8. The van der Waals surface area contributed by atoms with Gasteiger partial charge in [-0.3, -0.25) is 9.78 Å². The Morgan fingerprint density at radius 2 is 2.17 bits per heavy atom. The first-order valence-corrected chi connectivity index (χ1v) is 10.8. The van der Waals surface area contributed by atoms with Crippen LogP contribution in [0.2, 0.25) is 0 Å². The van der Waals surface area contributed by atoms with Crippen LogP contribution in [0.1, 0.15) is 25.0 Å². The standard InChI is InChI=1S/C21H21N7OS/c1-13-5-4-7-15(25-13)18-19(14-8-9-17-23-12-24-28(17)11-14)30-21(26-18)27-20(29)16-6-2-3-10-22-16/h4-5,7-9,11-12,16,22H,2-3,6,10H2,1H3,(H,26,27,29)/t16-/m1/s1. The largest absolute Gasteiger partial charge is 0.306 e. The van der Waals surface area contributed by atoms with Gasteiger partial charge >= 0.3 is 0 Å². The molecular weight excluding hydrogens is 398 g/mol. The minimum Gasteiger partial charge on any atom is -0.306 e. The maximum absolute atomic E-state index is 12.7. The van der Waals surface area contributed by atoms with Crippen LogP contribution in [0.25, 0.3) is 27.5 Å². The fourth-order valence-electron chi connectivity index (χ4n) is 3.64. The van der Waals surface area contributed by atoms with Gasteiger partial charge in [-0.1, -0.05) is 23.8 Å². The van der Waals surface area contributed by atoms with E-state index in [1.807, 2.05) is 43.5 Å². The van der Waals surface area contributed by atoms with Gasteiger partial charge in [0, 0.05) is 17.5 Å². The summed E-state index contributed by atoms with van der Waals surface area (Å²) >= 11 is 1.44. The highest BCUT2D eigenvalue weighted by atomic mass is 32.1. The number of piperidine rings is 1. The van der Waals surface area contributed by atoms with Gasteiger partial charge in [-0.2, -0.15) is 5.10 Å². The Morgan fingerprint density at radius 1 is 1.23 bits per heavy atom. The smallest absolute Gasteiger partial charge is 0.243 e. The Bertz CT molecular complexity index is 1210. The molecule has 9 heteroatoms. The van der Waals surface area contributed by atoms with Gasteiger partial charge in [-0.05, 0) is 50.6 Å². The second kappa shape index (κ2) is 7.92. The summed E-state index contributed by atoms with van der Waals surface area (Å²) in [5, 5.41) is 11.1. The predicted octanol–water partition coefficient (Wildman–Crippen LogP) is 3.30. The van der Waals surface area contributed by atoms with E-state index in [9.17, 15) is 4.79 Å². The molecule has 1 saturated heterocycles. The van der Waals surface area contributed by atoms with Crippen LogP contribution in [0.4, 0.5) is 5.13 Å². The lowest BCUT2D eigenvalue weighted by Crippen LogP contribution is -2.43. The van der Waals surface area contributed by atoms with Gasteiger partial charge in [0.2, 0.25) is 5.91 Å². The maximum atomic E-state index is 12.7. The molecule has 1 atom stereocenters. The maximum Gasteiger partial charge on any atom is 0.243 e. The number of nitrogens with one attached hydrogen (secondary N) is 2. The molecule has 5 rings (SSSR count). The van der Waals surface area contributed by atoms with Gasteiger partial charge in [0.15, 0.2) is 10.8 Å². The number of aryl methyl sites for hydroxylation is 1. The van der Waals surface area contributed by atoms with Crippen molar-refractivity contribution < 1.29 is 4.79 Å². The highest BCUT2D eigenvalue weighted by Gasteiger charge is 2.23. The fraction of sp³-hybridized carbons (Fsp3) is 0.286.